The van der Waals surface area contributed by atoms with Crippen LogP contribution in [0.15, 0.2) is 24.3 Å². The highest BCUT2D eigenvalue weighted by atomic mass is 31.2. The van der Waals surface area contributed by atoms with Crippen LogP contribution in [0.5, 0.6) is 0 Å². The van der Waals surface area contributed by atoms with Crippen LogP contribution in [0.1, 0.15) is 23.2 Å². The third-order valence-corrected chi connectivity index (χ3v) is 4.79. The zero-order valence-electron chi connectivity index (χ0n) is 11.3. The van der Waals surface area contributed by atoms with Crippen LogP contribution in [-0.4, -0.2) is 43.6 Å². The summed E-state index contributed by atoms with van der Waals surface area (Å²) in [7, 11) is -4.32. The summed E-state index contributed by atoms with van der Waals surface area (Å²) >= 11 is 0. The number of carbonyl (C=O) groups excluding carboxylic acids is 1. The molecule has 0 fully saturated rings. The van der Waals surface area contributed by atoms with Crippen LogP contribution in [-0.2, 0) is 9.59 Å². The maximum Gasteiger partial charge on any atom is 0.356 e. The summed E-state index contributed by atoms with van der Waals surface area (Å²) in [5, 5.41) is 17.5. The summed E-state index contributed by atoms with van der Waals surface area (Å²) in [6, 6.07) is 4.27. The molecule has 1 aromatic rings. The number of benzene rings is 1. The molecule has 0 aliphatic carbocycles. The second-order valence-electron chi connectivity index (χ2n) is 4.70. The van der Waals surface area contributed by atoms with Crippen molar-refractivity contribution in [1.29, 1.82) is 0 Å². The van der Waals surface area contributed by atoms with Crippen LogP contribution in [0, 0.1) is 11.7 Å². The van der Waals surface area contributed by atoms with Crippen molar-refractivity contribution >= 4 is 25.2 Å². The molecule has 1 aromatic carbocycles. The first-order valence-electron chi connectivity index (χ1n) is 6.22. The van der Waals surface area contributed by atoms with Crippen molar-refractivity contribution in [3.63, 3.8) is 0 Å². The van der Waals surface area contributed by atoms with Crippen molar-refractivity contribution in [3.05, 3.63) is 35.6 Å². The smallest absolute Gasteiger partial charge is 0.356 e. The Morgan fingerprint density at radius 1 is 1.18 bits per heavy atom. The largest absolute Gasteiger partial charge is 0.481 e. The molecular weight excluding hydrogens is 318 g/mol. The Morgan fingerprint density at radius 3 is 2.32 bits per heavy atom. The van der Waals surface area contributed by atoms with E-state index in [0.29, 0.717) is 0 Å². The van der Waals surface area contributed by atoms with Crippen LogP contribution in [0.3, 0.4) is 0 Å². The zero-order valence-corrected chi connectivity index (χ0v) is 12.2. The van der Waals surface area contributed by atoms with E-state index in [9.17, 15) is 28.6 Å². The summed E-state index contributed by atoms with van der Waals surface area (Å²) in [4.78, 5) is 53.3. The van der Waals surface area contributed by atoms with Gasteiger partial charge in [-0.15, -0.1) is 0 Å². The Kier molecular flexibility index (Phi) is 6.11. The molecule has 4 N–H and O–H groups in total. The summed E-state index contributed by atoms with van der Waals surface area (Å²) in [5.74, 6) is -4.80. The van der Waals surface area contributed by atoms with E-state index in [1.807, 2.05) is 0 Å². The maximum atomic E-state index is 13.1. The molecule has 0 aliphatic heterocycles. The Hall–Kier alpha value is -1.89. The van der Waals surface area contributed by atoms with Gasteiger partial charge in [-0.05, 0) is 24.6 Å². The van der Waals surface area contributed by atoms with Gasteiger partial charge in [0.25, 0.3) is 0 Å². The van der Waals surface area contributed by atoms with E-state index >= 15 is 0 Å². The minimum atomic E-state index is -4.32. The molecule has 0 saturated heterocycles. The molecule has 0 saturated carbocycles. The maximum absolute atomic E-state index is 13.1. The molecule has 0 radical (unpaired) electrons. The first-order valence-corrected chi connectivity index (χ1v) is 8.10. The Balaban J connectivity index is 2.89. The molecule has 0 bridgehead atoms. The molecule has 7 nitrogen and oxygen atoms in total. The van der Waals surface area contributed by atoms with E-state index in [1.165, 1.54) is 12.1 Å². The lowest BCUT2D eigenvalue weighted by Crippen LogP contribution is -2.24. The van der Waals surface area contributed by atoms with Crippen LogP contribution >= 0.6 is 7.72 Å². The summed E-state index contributed by atoms with van der Waals surface area (Å²) in [6.45, 7) is 0. The molecule has 22 heavy (non-hydrogen) atoms. The molecule has 0 amide bonds. The van der Waals surface area contributed by atoms with Gasteiger partial charge >= 0.3 is 25.2 Å². The summed E-state index contributed by atoms with van der Waals surface area (Å²) in [5.41, 5.74) is -1.42. The summed E-state index contributed by atoms with van der Waals surface area (Å²) in [6.07, 6.45) is -1.61. The van der Waals surface area contributed by atoms with Gasteiger partial charge in [0.2, 0.25) is 0 Å². The first kappa shape index (κ1) is 18.2. The number of rotatable bonds is 8. The number of hydrogen-bond donors (Lipinski definition) is 4. The van der Waals surface area contributed by atoms with Crippen LogP contribution in [0.2, 0.25) is 0 Å². The highest BCUT2D eigenvalue weighted by Crippen LogP contribution is 2.54. The van der Waals surface area contributed by atoms with Gasteiger partial charge in [-0.3, -0.25) is 9.59 Å². The summed E-state index contributed by atoms with van der Waals surface area (Å²) < 4.78 is 13.1. The highest BCUT2D eigenvalue weighted by molar-refractivity contribution is 7.81. The fraction of sp³-hybridized carbons (Fsp3) is 0.308. The standard InChI is InChI=1S/C13H14FO7P/c14-10-3-1-2-8(6-10)13(19)22(20,21)7-9(12(17)18)4-5-11(15)16/h1-3,6,9,20-21H,4-5,7H2,(H-,15,16,17,18)/p+1. The Labute approximate surface area is 125 Å². The van der Waals surface area contributed by atoms with E-state index in [0.717, 1.165) is 12.1 Å². The van der Waals surface area contributed by atoms with E-state index < -0.39 is 49.5 Å². The molecule has 0 heterocycles. The average molecular weight is 333 g/mol. The Morgan fingerprint density at radius 2 is 1.82 bits per heavy atom. The molecule has 0 aromatic heterocycles. The number of aliphatic carboxylic acids is 2. The van der Waals surface area contributed by atoms with Crippen molar-refractivity contribution in [1.82, 2.24) is 0 Å². The number of hydrogen-bond acceptors (Lipinski definition) is 5. The predicted molar refractivity (Wildman–Crippen MR) is 75.0 cm³/mol. The van der Waals surface area contributed by atoms with Crippen LogP contribution in [0.25, 0.3) is 0 Å². The van der Waals surface area contributed by atoms with E-state index in [-0.39, 0.29) is 12.0 Å². The molecule has 0 spiro atoms. The van der Waals surface area contributed by atoms with Crippen molar-refractivity contribution < 1.29 is 38.8 Å². The van der Waals surface area contributed by atoms with Crippen LogP contribution in [0.4, 0.5) is 4.39 Å². The van der Waals surface area contributed by atoms with Crippen molar-refractivity contribution in [2.75, 3.05) is 6.16 Å². The SMILES string of the molecule is O=C(O)CCC(C[P+](O)(O)C(=O)c1cccc(F)c1)C(=O)O. The highest BCUT2D eigenvalue weighted by Gasteiger charge is 2.48. The topological polar surface area (TPSA) is 132 Å². The predicted octanol–water partition coefficient (Wildman–Crippen LogP) is 1.36. The van der Waals surface area contributed by atoms with E-state index in [2.05, 4.69) is 0 Å². The van der Waals surface area contributed by atoms with Crippen molar-refractivity contribution in [2.45, 2.75) is 12.8 Å². The fourth-order valence-corrected chi connectivity index (χ4v) is 3.48. The van der Waals surface area contributed by atoms with Gasteiger partial charge in [-0.2, -0.15) is 0 Å². The van der Waals surface area contributed by atoms with E-state index in [4.69, 9.17) is 10.2 Å². The molecule has 1 unspecified atom stereocenters. The average Bonchev–Trinajstić information content (AvgIpc) is 2.42. The third kappa shape index (κ3) is 5.14. The fourth-order valence-electron chi connectivity index (χ4n) is 1.81. The van der Waals surface area contributed by atoms with Crippen LogP contribution < -0.4 is 0 Å². The molecule has 9 heteroatoms. The number of carboxylic acid groups (broad SMARTS) is 2. The normalized spacial score (nSPS) is 12.7. The number of halogens is 1. The van der Waals surface area contributed by atoms with Gasteiger partial charge in [0.1, 0.15) is 12.0 Å². The van der Waals surface area contributed by atoms with Gasteiger partial charge in [0.05, 0.1) is 11.5 Å². The third-order valence-electron chi connectivity index (χ3n) is 2.93. The van der Waals surface area contributed by atoms with Gasteiger partial charge in [0.15, 0.2) is 0 Å². The minimum Gasteiger partial charge on any atom is -0.481 e. The number of carboxylic acids is 2. The minimum absolute atomic E-state index is 0.277. The van der Waals surface area contributed by atoms with Gasteiger partial charge in [-0.25, -0.2) is 19.0 Å². The quantitative estimate of drug-likeness (QED) is 0.528. The molecule has 0 aliphatic rings. The zero-order chi connectivity index (χ0) is 16.9. The lowest BCUT2D eigenvalue weighted by molar-refractivity contribution is -0.142. The van der Waals surface area contributed by atoms with Crippen molar-refractivity contribution in [2.24, 2.45) is 5.92 Å². The monoisotopic (exact) mass is 333 g/mol. The van der Waals surface area contributed by atoms with Crippen molar-refractivity contribution in [3.8, 4) is 0 Å². The second-order valence-corrected chi connectivity index (χ2v) is 6.93. The lowest BCUT2D eigenvalue weighted by atomic mass is 10.1. The lowest BCUT2D eigenvalue weighted by Gasteiger charge is -2.15. The van der Waals surface area contributed by atoms with Gasteiger partial charge in [-0.1, -0.05) is 6.07 Å². The Bertz CT molecular complexity index is 588. The van der Waals surface area contributed by atoms with Gasteiger partial charge < -0.3 is 10.2 Å². The van der Waals surface area contributed by atoms with E-state index in [1.54, 1.807) is 0 Å². The number of carbonyl (C=O) groups is 3. The molecule has 1 atom stereocenters. The molecule has 1 rings (SSSR count). The molecule has 120 valence electrons. The second kappa shape index (κ2) is 7.40. The molecular formula is C13H15FO7P+. The first-order chi connectivity index (χ1) is 10.1. The van der Waals surface area contributed by atoms with Gasteiger partial charge in [0, 0.05) is 6.42 Å².